The Bertz CT molecular complexity index is 312. The van der Waals surface area contributed by atoms with Crippen LogP contribution in [0.5, 0.6) is 0 Å². The minimum absolute atomic E-state index is 0.0534. The molecule has 0 heterocycles. The van der Waals surface area contributed by atoms with E-state index in [1.54, 1.807) is 0 Å². The molecule has 2 atom stereocenters. The van der Waals surface area contributed by atoms with E-state index in [2.05, 4.69) is 0 Å². The van der Waals surface area contributed by atoms with Crippen LogP contribution in [0, 0.1) is 17.8 Å². The third-order valence-electron chi connectivity index (χ3n) is 3.32. The van der Waals surface area contributed by atoms with E-state index < -0.39 is 0 Å². The van der Waals surface area contributed by atoms with Crippen molar-refractivity contribution < 1.29 is 9.59 Å². The Labute approximate surface area is 84.4 Å². The average molecular weight is 192 g/mol. The number of hydrogen-bond acceptors (Lipinski definition) is 2. The first kappa shape index (κ1) is 9.63. The van der Waals surface area contributed by atoms with Crippen molar-refractivity contribution in [2.45, 2.75) is 33.1 Å². The predicted molar refractivity (Wildman–Crippen MR) is 53.8 cm³/mol. The van der Waals surface area contributed by atoms with Crippen LogP contribution in [-0.4, -0.2) is 11.6 Å². The summed E-state index contributed by atoms with van der Waals surface area (Å²) in [4.78, 5) is 23.3. The van der Waals surface area contributed by atoms with E-state index in [0.29, 0.717) is 12.2 Å². The summed E-state index contributed by atoms with van der Waals surface area (Å²) in [5.74, 6) is 0.935. The van der Waals surface area contributed by atoms with Gasteiger partial charge in [0.25, 0.3) is 0 Å². The lowest BCUT2D eigenvalue weighted by Crippen LogP contribution is -2.34. The van der Waals surface area contributed by atoms with Crippen molar-refractivity contribution in [1.29, 1.82) is 0 Å². The zero-order valence-electron chi connectivity index (χ0n) is 8.75. The second kappa shape index (κ2) is 3.34. The molecule has 0 radical (unpaired) electrons. The summed E-state index contributed by atoms with van der Waals surface area (Å²) in [6.45, 7) is 3.85. The SMILES string of the molecule is CC(C)C(=O)C1=C[C@H]2CC[C@@H]1CC2=O. The van der Waals surface area contributed by atoms with Crippen molar-refractivity contribution in [3.05, 3.63) is 11.6 Å². The first-order chi connectivity index (χ1) is 6.59. The fraction of sp³-hybridized carbons (Fsp3) is 0.667. The summed E-state index contributed by atoms with van der Waals surface area (Å²) in [6.07, 6.45) is 4.52. The lowest BCUT2D eigenvalue weighted by atomic mass is 9.69. The molecule has 1 saturated carbocycles. The Morgan fingerprint density at radius 1 is 1.43 bits per heavy atom. The van der Waals surface area contributed by atoms with Crippen LogP contribution in [0.15, 0.2) is 11.6 Å². The molecule has 0 N–H and O–H groups in total. The molecular weight excluding hydrogens is 176 g/mol. The lowest BCUT2D eigenvalue weighted by Gasteiger charge is -2.34. The van der Waals surface area contributed by atoms with Crippen LogP contribution in [0.1, 0.15) is 33.1 Å². The summed E-state index contributed by atoms with van der Waals surface area (Å²) in [6, 6.07) is 0. The van der Waals surface area contributed by atoms with Crippen LogP contribution in [0.25, 0.3) is 0 Å². The number of fused-ring (bicyclic) bond motifs is 2. The molecule has 1 fully saturated rings. The van der Waals surface area contributed by atoms with Gasteiger partial charge in [-0.15, -0.1) is 0 Å². The first-order valence-electron chi connectivity index (χ1n) is 5.38. The number of rotatable bonds is 2. The van der Waals surface area contributed by atoms with Crippen molar-refractivity contribution in [3.63, 3.8) is 0 Å². The number of carbonyl (C=O) groups is 2. The minimum Gasteiger partial charge on any atom is -0.299 e. The van der Waals surface area contributed by atoms with Gasteiger partial charge >= 0.3 is 0 Å². The smallest absolute Gasteiger partial charge is 0.161 e. The molecule has 2 nitrogen and oxygen atoms in total. The summed E-state index contributed by atoms with van der Waals surface area (Å²) >= 11 is 0. The van der Waals surface area contributed by atoms with Gasteiger partial charge in [0.2, 0.25) is 0 Å². The molecule has 2 bridgehead atoms. The molecule has 14 heavy (non-hydrogen) atoms. The van der Waals surface area contributed by atoms with Crippen LogP contribution < -0.4 is 0 Å². The van der Waals surface area contributed by atoms with Crippen molar-refractivity contribution in [3.8, 4) is 0 Å². The largest absolute Gasteiger partial charge is 0.299 e. The Balaban J connectivity index is 2.26. The Morgan fingerprint density at radius 2 is 2.14 bits per heavy atom. The van der Waals surface area contributed by atoms with E-state index >= 15 is 0 Å². The summed E-state index contributed by atoms with van der Waals surface area (Å²) in [5, 5.41) is 0. The highest BCUT2D eigenvalue weighted by atomic mass is 16.1. The van der Waals surface area contributed by atoms with Crippen LogP contribution in [-0.2, 0) is 9.59 Å². The third kappa shape index (κ3) is 1.43. The van der Waals surface area contributed by atoms with Gasteiger partial charge in [0.15, 0.2) is 5.78 Å². The van der Waals surface area contributed by atoms with Crippen molar-refractivity contribution in [2.24, 2.45) is 17.8 Å². The standard InChI is InChI=1S/C12H16O2/c1-7(2)12(14)10-5-9-4-3-8(10)6-11(9)13/h5,7-9H,3-4,6H2,1-2H3/t8-,9-/m1/s1. The van der Waals surface area contributed by atoms with E-state index in [1.807, 2.05) is 19.9 Å². The van der Waals surface area contributed by atoms with Crippen molar-refractivity contribution in [1.82, 2.24) is 0 Å². The molecule has 0 spiro atoms. The summed E-state index contributed by atoms with van der Waals surface area (Å²) in [7, 11) is 0. The number of carbonyl (C=O) groups excluding carboxylic acids is 2. The van der Waals surface area contributed by atoms with E-state index in [9.17, 15) is 9.59 Å². The lowest BCUT2D eigenvalue weighted by molar-refractivity contribution is -0.125. The zero-order valence-corrected chi connectivity index (χ0v) is 8.75. The normalized spacial score (nSPS) is 30.8. The van der Waals surface area contributed by atoms with Gasteiger partial charge in [-0.3, -0.25) is 9.59 Å². The molecule has 0 amide bonds. The molecule has 0 aromatic carbocycles. The summed E-state index contributed by atoms with van der Waals surface area (Å²) < 4.78 is 0. The molecule has 0 aromatic heterocycles. The quantitative estimate of drug-likeness (QED) is 0.671. The van der Waals surface area contributed by atoms with Crippen LogP contribution in [0.4, 0.5) is 0 Å². The minimum atomic E-state index is 0.0534. The molecule has 0 aliphatic heterocycles. The van der Waals surface area contributed by atoms with Gasteiger partial charge in [-0.1, -0.05) is 19.9 Å². The first-order valence-corrected chi connectivity index (χ1v) is 5.38. The van der Waals surface area contributed by atoms with Gasteiger partial charge in [0, 0.05) is 18.3 Å². The van der Waals surface area contributed by atoms with Gasteiger partial charge in [-0.25, -0.2) is 0 Å². The zero-order chi connectivity index (χ0) is 10.3. The van der Waals surface area contributed by atoms with Crippen molar-refractivity contribution in [2.75, 3.05) is 0 Å². The number of allylic oxidation sites excluding steroid dienone is 2. The Hall–Kier alpha value is -0.920. The van der Waals surface area contributed by atoms with E-state index in [4.69, 9.17) is 0 Å². The highest BCUT2D eigenvalue weighted by molar-refractivity contribution is 6.01. The topological polar surface area (TPSA) is 34.1 Å². The van der Waals surface area contributed by atoms with Crippen molar-refractivity contribution >= 4 is 11.6 Å². The molecule has 0 aromatic rings. The maximum absolute atomic E-state index is 11.8. The molecule has 3 aliphatic rings. The van der Waals surface area contributed by atoms with E-state index in [-0.39, 0.29) is 23.5 Å². The number of Topliss-reactive ketones (excluding diaryl/α,β-unsaturated/α-hetero) is 2. The van der Waals surface area contributed by atoms with Gasteiger partial charge < -0.3 is 0 Å². The molecule has 2 heteroatoms. The predicted octanol–water partition coefficient (Wildman–Crippen LogP) is 2.14. The molecule has 76 valence electrons. The second-order valence-corrected chi connectivity index (χ2v) is 4.69. The van der Waals surface area contributed by atoms with Gasteiger partial charge in [-0.2, -0.15) is 0 Å². The molecule has 3 aliphatic carbocycles. The fourth-order valence-electron chi connectivity index (χ4n) is 2.45. The van der Waals surface area contributed by atoms with E-state index in [1.165, 1.54) is 0 Å². The number of hydrogen-bond donors (Lipinski definition) is 0. The monoisotopic (exact) mass is 192 g/mol. The number of ketones is 2. The molecule has 0 saturated heterocycles. The highest BCUT2D eigenvalue weighted by Gasteiger charge is 2.37. The van der Waals surface area contributed by atoms with Gasteiger partial charge in [-0.05, 0) is 24.3 Å². The fourth-order valence-corrected chi connectivity index (χ4v) is 2.45. The summed E-state index contributed by atoms with van der Waals surface area (Å²) in [5.41, 5.74) is 0.941. The second-order valence-electron chi connectivity index (χ2n) is 4.69. The maximum atomic E-state index is 11.8. The molecular formula is C12H16O2. The van der Waals surface area contributed by atoms with Gasteiger partial charge in [0.05, 0.1) is 0 Å². The van der Waals surface area contributed by atoms with E-state index in [0.717, 1.165) is 18.4 Å². The highest BCUT2D eigenvalue weighted by Crippen LogP contribution is 2.39. The van der Waals surface area contributed by atoms with Crippen LogP contribution in [0.3, 0.4) is 0 Å². The third-order valence-corrected chi connectivity index (χ3v) is 3.32. The van der Waals surface area contributed by atoms with Crippen LogP contribution >= 0.6 is 0 Å². The average Bonchev–Trinajstić information content (AvgIpc) is 2.17. The Morgan fingerprint density at radius 3 is 2.57 bits per heavy atom. The van der Waals surface area contributed by atoms with Gasteiger partial charge in [0.1, 0.15) is 5.78 Å². The maximum Gasteiger partial charge on any atom is 0.161 e. The Kier molecular flexibility index (Phi) is 2.30. The molecule has 0 unspecified atom stereocenters. The molecule has 3 rings (SSSR count). The van der Waals surface area contributed by atoms with Crippen LogP contribution in [0.2, 0.25) is 0 Å².